The maximum Gasteiger partial charge on any atom is 0.248 e. The van der Waals surface area contributed by atoms with E-state index in [0.29, 0.717) is 11.7 Å². The van der Waals surface area contributed by atoms with Crippen LogP contribution in [0.4, 0.5) is 5.13 Å². The fourth-order valence-electron chi connectivity index (χ4n) is 2.55. The van der Waals surface area contributed by atoms with Crippen LogP contribution in [0.15, 0.2) is 12.7 Å². The lowest BCUT2D eigenvalue weighted by molar-refractivity contribution is -0.126. The fourth-order valence-corrected chi connectivity index (χ4v) is 3.72. The smallest absolute Gasteiger partial charge is 0.248 e. The first kappa shape index (κ1) is 21.6. The van der Waals surface area contributed by atoms with Gasteiger partial charge in [0, 0.05) is 11.4 Å². The number of aromatic nitrogens is 1. The molecule has 3 N–H and O–H groups in total. The number of halogens is 1. The standard InChI is InChI=1S/C17H26N4O2S.ClH/c1-4-9-21(14(22)10-19-16(23)15(18)11(2)3)17-20-12-7-5-6-8-13(12)24-17;/h4,11,15H,1,5-10,18H2,2-3H3,(H,19,23);1H/t15-;/m0./s1. The first-order valence-electron chi connectivity index (χ1n) is 8.37. The Bertz CT molecular complexity index is 594. The molecule has 1 heterocycles. The van der Waals surface area contributed by atoms with E-state index in [2.05, 4.69) is 16.9 Å². The normalized spacial score (nSPS) is 14.2. The van der Waals surface area contributed by atoms with Crippen molar-refractivity contribution in [3.63, 3.8) is 0 Å². The Kier molecular flexibility index (Phi) is 8.55. The van der Waals surface area contributed by atoms with Crippen LogP contribution < -0.4 is 16.0 Å². The molecule has 0 fully saturated rings. The van der Waals surface area contributed by atoms with E-state index in [4.69, 9.17) is 5.73 Å². The zero-order valence-corrected chi connectivity index (χ0v) is 16.4. The van der Waals surface area contributed by atoms with Crippen LogP contribution in [0.3, 0.4) is 0 Å². The minimum atomic E-state index is -0.613. The quantitative estimate of drug-likeness (QED) is 0.702. The van der Waals surface area contributed by atoms with E-state index in [1.807, 2.05) is 13.8 Å². The van der Waals surface area contributed by atoms with Crippen LogP contribution in [0.2, 0.25) is 0 Å². The highest BCUT2D eigenvalue weighted by Crippen LogP contribution is 2.31. The van der Waals surface area contributed by atoms with Crippen molar-refractivity contribution in [2.75, 3.05) is 18.0 Å². The third kappa shape index (κ3) is 5.52. The highest BCUT2D eigenvalue weighted by atomic mass is 35.5. The first-order valence-corrected chi connectivity index (χ1v) is 9.18. The van der Waals surface area contributed by atoms with Crippen molar-refractivity contribution < 1.29 is 9.59 Å². The molecule has 1 atom stereocenters. The zero-order valence-electron chi connectivity index (χ0n) is 14.8. The van der Waals surface area contributed by atoms with Gasteiger partial charge in [0.25, 0.3) is 0 Å². The molecule has 0 spiro atoms. The van der Waals surface area contributed by atoms with Crippen molar-refractivity contribution in [2.24, 2.45) is 11.7 Å². The topological polar surface area (TPSA) is 88.3 Å². The lowest BCUT2D eigenvalue weighted by Gasteiger charge is -2.20. The Morgan fingerprint density at radius 1 is 1.40 bits per heavy atom. The average Bonchev–Trinajstić information content (AvgIpc) is 2.99. The van der Waals surface area contributed by atoms with Gasteiger partial charge in [0.2, 0.25) is 11.8 Å². The van der Waals surface area contributed by atoms with E-state index in [9.17, 15) is 9.59 Å². The highest BCUT2D eigenvalue weighted by Gasteiger charge is 2.24. The number of hydrogen-bond acceptors (Lipinski definition) is 5. The fraction of sp³-hybridized carbons (Fsp3) is 0.588. The van der Waals surface area contributed by atoms with Gasteiger partial charge in [-0.3, -0.25) is 14.5 Å². The van der Waals surface area contributed by atoms with Crippen LogP contribution in [-0.2, 0) is 22.4 Å². The number of rotatable bonds is 7. The molecular weight excluding hydrogens is 360 g/mol. The van der Waals surface area contributed by atoms with Crippen molar-refractivity contribution in [3.8, 4) is 0 Å². The SMILES string of the molecule is C=CCN(C(=O)CNC(=O)[C@@H](N)C(C)C)c1nc2c(s1)CCCC2.Cl. The first-order chi connectivity index (χ1) is 11.4. The van der Waals surface area contributed by atoms with Crippen LogP contribution in [0.1, 0.15) is 37.3 Å². The molecule has 6 nitrogen and oxygen atoms in total. The van der Waals surface area contributed by atoms with Gasteiger partial charge in [0.1, 0.15) is 0 Å². The number of hydrogen-bond donors (Lipinski definition) is 2. The molecule has 25 heavy (non-hydrogen) atoms. The molecule has 1 aromatic heterocycles. The van der Waals surface area contributed by atoms with Crippen LogP contribution in [0, 0.1) is 5.92 Å². The zero-order chi connectivity index (χ0) is 17.7. The molecule has 0 aromatic carbocycles. The van der Waals surface area contributed by atoms with Gasteiger partial charge in [-0.05, 0) is 31.6 Å². The van der Waals surface area contributed by atoms with Gasteiger partial charge in [-0.25, -0.2) is 4.98 Å². The Labute approximate surface area is 159 Å². The molecule has 0 unspecified atom stereocenters. The molecule has 0 saturated carbocycles. The summed E-state index contributed by atoms with van der Waals surface area (Å²) in [4.78, 5) is 31.9. The summed E-state index contributed by atoms with van der Waals surface area (Å²) in [7, 11) is 0. The Morgan fingerprint density at radius 3 is 2.68 bits per heavy atom. The predicted molar refractivity (Wildman–Crippen MR) is 104 cm³/mol. The predicted octanol–water partition coefficient (Wildman–Crippen LogP) is 2.06. The second kappa shape index (κ2) is 9.89. The van der Waals surface area contributed by atoms with Crippen LogP contribution in [0.5, 0.6) is 0 Å². The molecule has 0 saturated heterocycles. The van der Waals surface area contributed by atoms with Gasteiger partial charge in [0.05, 0.1) is 18.3 Å². The molecule has 8 heteroatoms. The van der Waals surface area contributed by atoms with Crippen molar-refractivity contribution in [1.82, 2.24) is 10.3 Å². The van der Waals surface area contributed by atoms with Crippen LogP contribution in [-0.4, -0.2) is 35.9 Å². The molecule has 2 rings (SSSR count). The van der Waals surface area contributed by atoms with E-state index in [1.165, 1.54) is 11.3 Å². The van der Waals surface area contributed by atoms with Crippen molar-refractivity contribution in [3.05, 3.63) is 23.2 Å². The van der Waals surface area contributed by atoms with Crippen molar-refractivity contribution in [1.29, 1.82) is 0 Å². The Balaban J connectivity index is 0.00000312. The van der Waals surface area contributed by atoms with Gasteiger partial charge >= 0.3 is 0 Å². The maximum atomic E-state index is 12.5. The van der Waals surface area contributed by atoms with E-state index in [0.717, 1.165) is 25.0 Å². The number of thiazole rings is 1. The van der Waals surface area contributed by atoms with E-state index in [-0.39, 0.29) is 36.7 Å². The lowest BCUT2D eigenvalue weighted by Crippen LogP contribution is -2.48. The van der Waals surface area contributed by atoms with Crippen molar-refractivity contribution in [2.45, 2.75) is 45.6 Å². The minimum Gasteiger partial charge on any atom is -0.346 e. The molecule has 1 aliphatic rings. The van der Waals surface area contributed by atoms with Gasteiger partial charge in [-0.1, -0.05) is 19.9 Å². The Morgan fingerprint density at radius 2 is 2.08 bits per heavy atom. The van der Waals surface area contributed by atoms with Crippen molar-refractivity contribution >= 4 is 40.7 Å². The number of amides is 2. The third-order valence-corrected chi connectivity index (χ3v) is 5.29. The summed E-state index contributed by atoms with van der Waals surface area (Å²) in [6, 6.07) is -0.613. The number of nitrogens with one attached hydrogen (secondary N) is 1. The maximum absolute atomic E-state index is 12.5. The molecular formula is C17H27ClN4O2S. The van der Waals surface area contributed by atoms with E-state index >= 15 is 0 Å². The molecule has 0 aliphatic heterocycles. The largest absolute Gasteiger partial charge is 0.346 e. The van der Waals surface area contributed by atoms with Crippen LogP contribution >= 0.6 is 23.7 Å². The molecule has 0 radical (unpaired) electrons. The summed E-state index contributed by atoms with van der Waals surface area (Å²) < 4.78 is 0. The number of carbonyl (C=O) groups excluding carboxylic acids is 2. The second-order valence-electron chi connectivity index (χ2n) is 6.35. The second-order valence-corrected chi connectivity index (χ2v) is 7.42. The molecule has 1 aliphatic carbocycles. The number of carbonyl (C=O) groups is 2. The number of fused-ring (bicyclic) bond motifs is 1. The van der Waals surface area contributed by atoms with Gasteiger partial charge in [0.15, 0.2) is 5.13 Å². The molecule has 0 bridgehead atoms. The van der Waals surface area contributed by atoms with Gasteiger partial charge in [-0.2, -0.15) is 0 Å². The lowest BCUT2D eigenvalue weighted by atomic mass is 10.0. The average molecular weight is 387 g/mol. The molecule has 140 valence electrons. The molecule has 2 amide bonds. The number of aryl methyl sites for hydroxylation is 2. The summed E-state index contributed by atoms with van der Waals surface area (Å²) in [5.74, 6) is -0.490. The molecule has 1 aromatic rings. The monoisotopic (exact) mass is 386 g/mol. The van der Waals surface area contributed by atoms with Crippen LogP contribution in [0.25, 0.3) is 0 Å². The summed E-state index contributed by atoms with van der Waals surface area (Å²) in [5, 5.41) is 3.31. The number of anilines is 1. The van der Waals surface area contributed by atoms with Gasteiger partial charge in [-0.15, -0.1) is 30.3 Å². The highest BCUT2D eigenvalue weighted by molar-refractivity contribution is 7.16. The number of nitrogens with zero attached hydrogens (tertiary/aromatic N) is 2. The summed E-state index contributed by atoms with van der Waals surface area (Å²) in [6.07, 6.45) is 5.99. The summed E-state index contributed by atoms with van der Waals surface area (Å²) >= 11 is 1.57. The minimum absolute atomic E-state index is 0. The van der Waals surface area contributed by atoms with Gasteiger partial charge < -0.3 is 11.1 Å². The summed E-state index contributed by atoms with van der Waals surface area (Å²) in [5.41, 5.74) is 6.90. The third-order valence-electron chi connectivity index (χ3n) is 4.11. The van der Waals surface area contributed by atoms with E-state index < -0.39 is 6.04 Å². The summed E-state index contributed by atoms with van der Waals surface area (Å²) in [6.45, 7) is 7.74. The van der Waals surface area contributed by atoms with E-state index in [1.54, 1.807) is 22.3 Å². The number of nitrogens with two attached hydrogens (primary N) is 1. The Hall–Kier alpha value is -1.44.